The Bertz CT molecular complexity index is 912. The molecular weight excluding hydrogens is 392 g/mol. The summed E-state index contributed by atoms with van der Waals surface area (Å²) in [6.45, 7) is 5.30. The number of carbonyl (C=O) groups is 2. The van der Waals surface area contributed by atoms with Gasteiger partial charge < -0.3 is 10.1 Å². The Hall–Kier alpha value is -3.19. The van der Waals surface area contributed by atoms with Crippen LogP contribution >= 0.6 is 0 Å². The normalized spacial score (nSPS) is 15.7. The first-order chi connectivity index (χ1) is 15.0. The smallest absolute Gasteiger partial charge is 0.257 e. The third-order valence-corrected chi connectivity index (χ3v) is 5.32. The Kier molecular flexibility index (Phi) is 7.78. The first kappa shape index (κ1) is 22.5. The highest BCUT2D eigenvalue weighted by molar-refractivity contribution is 6.03. The van der Waals surface area contributed by atoms with Gasteiger partial charge in [0.15, 0.2) is 0 Å². The fraction of sp³-hybridized carbons (Fsp3) is 0.375. The fourth-order valence-corrected chi connectivity index (χ4v) is 3.63. The van der Waals surface area contributed by atoms with Crippen LogP contribution in [0.3, 0.4) is 0 Å². The van der Waals surface area contributed by atoms with Crippen molar-refractivity contribution in [3.8, 4) is 5.75 Å². The molecule has 1 atom stereocenters. The van der Waals surface area contributed by atoms with E-state index in [1.807, 2.05) is 73.3 Å². The lowest BCUT2D eigenvalue weighted by atomic mass is 9.98. The molecule has 0 aromatic heterocycles. The molecule has 164 valence electrons. The Labute approximate surface area is 183 Å². The summed E-state index contributed by atoms with van der Waals surface area (Å²) in [7, 11) is 1.63. The molecule has 0 unspecified atom stereocenters. The molecule has 7 heteroatoms. The maximum Gasteiger partial charge on any atom is 0.257 e. The van der Waals surface area contributed by atoms with E-state index in [1.165, 1.54) is 0 Å². The molecule has 0 bridgehead atoms. The van der Waals surface area contributed by atoms with Crippen molar-refractivity contribution in [3.05, 3.63) is 65.7 Å². The van der Waals surface area contributed by atoms with Gasteiger partial charge in [0, 0.05) is 13.0 Å². The summed E-state index contributed by atoms with van der Waals surface area (Å²) in [6.07, 6.45) is 0.629. The highest BCUT2D eigenvalue weighted by Crippen LogP contribution is 2.33. The van der Waals surface area contributed by atoms with Crippen LogP contribution in [0.1, 0.15) is 37.4 Å². The van der Waals surface area contributed by atoms with Crippen molar-refractivity contribution in [2.24, 2.45) is 5.10 Å². The minimum Gasteiger partial charge on any atom is -0.497 e. The molecule has 0 radical (unpaired) electrons. The summed E-state index contributed by atoms with van der Waals surface area (Å²) in [5, 5.41) is 9.06. The Balaban J connectivity index is 1.83. The van der Waals surface area contributed by atoms with Crippen molar-refractivity contribution in [1.29, 1.82) is 0 Å². The van der Waals surface area contributed by atoms with Crippen molar-refractivity contribution in [2.75, 3.05) is 33.3 Å². The lowest BCUT2D eigenvalue weighted by Gasteiger charge is -2.26. The SMILES string of the molecule is CCNC(=O)CN(CC)CC(=O)N1N=C(c2ccccc2)C[C@H]1c1ccc(OC)cc1. The average Bonchev–Trinajstić information content (AvgIpc) is 3.25. The van der Waals surface area contributed by atoms with E-state index >= 15 is 0 Å². The summed E-state index contributed by atoms with van der Waals surface area (Å²) in [5.74, 6) is 0.555. The highest BCUT2D eigenvalue weighted by atomic mass is 16.5. The minimum absolute atomic E-state index is 0.0845. The maximum atomic E-state index is 13.3. The van der Waals surface area contributed by atoms with Crippen molar-refractivity contribution in [3.63, 3.8) is 0 Å². The van der Waals surface area contributed by atoms with Gasteiger partial charge in [0.05, 0.1) is 32.0 Å². The van der Waals surface area contributed by atoms with Gasteiger partial charge in [0.1, 0.15) is 5.75 Å². The molecule has 7 nitrogen and oxygen atoms in total. The van der Waals surface area contributed by atoms with E-state index < -0.39 is 0 Å². The number of nitrogens with zero attached hydrogens (tertiary/aromatic N) is 3. The predicted octanol–water partition coefficient (Wildman–Crippen LogP) is 2.83. The van der Waals surface area contributed by atoms with Crippen molar-refractivity contribution >= 4 is 17.5 Å². The molecule has 1 heterocycles. The monoisotopic (exact) mass is 422 g/mol. The van der Waals surface area contributed by atoms with Crippen LogP contribution in [0.2, 0.25) is 0 Å². The van der Waals surface area contributed by atoms with Gasteiger partial charge in [0.2, 0.25) is 5.91 Å². The standard InChI is InChI=1S/C24H30N4O3/c1-4-25-23(29)16-27(5-2)17-24(30)28-22(19-11-13-20(31-3)14-12-19)15-21(26-28)18-9-7-6-8-10-18/h6-14,22H,4-5,15-17H2,1-3H3,(H,25,29)/t22-/m0/s1. The molecule has 1 aliphatic heterocycles. The number of likely N-dealkylation sites (N-methyl/N-ethyl adjacent to an activating group) is 2. The van der Waals surface area contributed by atoms with Crippen molar-refractivity contribution in [2.45, 2.75) is 26.3 Å². The number of benzene rings is 2. The van der Waals surface area contributed by atoms with Gasteiger partial charge in [-0.05, 0) is 36.7 Å². The molecule has 2 amide bonds. The maximum absolute atomic E-state index is 13.3. The average molecular weight is 423 g/mol. The van der Waals surface area contributed by atoms with Crippen LogP contribution in [0.5, 0.6) is 5.75 Å². The summed E-state index contributed by atoms with van der Waals surface area (Å²) in [4.78, 5) is 27.1. The number of methoxy groups -OCH3 is 1. The summed E-state index contributed by atoms with van der Waals surface area (Å²) >= 11 is 0. The zero-order chi connectivity index (χ0) is 22.2. The zero-order valence-electron chi connectivity index (χ0n) is 18.4. The van der Waals surface area contributed by atoms with Gasteiger partial charge in [-0.15, -0.1) is 0 Å². The summed E-state index contributed by atoms with van der Waals surface area (Å²) in [5.41, 5.74) is 2.88. The Morgan fingerprint density at radius 3 is 2.42 bits per heavy atom. The zero-order valence-corrected chi connectivity index (χ0v) is 18.4. The van der Waals surface area contributed by atoms with Crippen LogP contribution in [-0.4, -0.2) is 60.7 Å². The molecule has 0 saturated carbocycles. The van der Waals surface area contributed by atoms with E-state index in [2.05, 4.69) is 5.32 Å². The first-order valence-corrected chi connectivity index (χ1v) is 10.6. The molecular formula is C24H30N4O3. The summed E-state index contributed by atoms with van der Waals surface area (Å²) in [6, 6.07) is 17.4. The quantitative estimate of drug-likeness (QED) is 0.674. The molecule has 1 N–H and O–H groups in total. The second-order valence-electron chi connectivity index (χ2n) is 7.40. The van der Waals surface area contributed by atoms with E-state index in [1.54, 1.807) is 12.1 Å². The number of ether oxygens (including phenoxy) is 1. The van der Waals surface area contributed by atoms with E-state index in [9.17, 15) is 9.59 Å². The van der Waals surface area contributed by atoms with Crippen LogP contribution in [0, 0.1) is 0 Å². The van der Waals surface area contributed by atoms with E-state index in [4.69, 9.17) is 9.84 Å². The van der Waals surface area contributed by atoms with Gasteiger partial charge in [-0.3, -0.25) is 14.5 Å². The number of hydrogen-bond acceptors (Lipinski definition) is 5. The van der Waals surface area contributed by atoms with Gasteiger partial charge in [-0.2, -0.15) is 5.10 Å². The number of amides is 2. The molecule has 1 aliphatic rings. The second kappa shape index (κ2) is 10.7. The number of carbonyl (C=O) groups excluding carboxylic acids is 2. The largest absolute Gasteiger partial charge is 0.497 e. The minimum atomic E-state index is -0.197. The Morgan fingerprint density at radius 1 is 1.10 bits per heavy atom. The lowest BCUT2D eigenvalue weighted by molar-refractivity contribution is -0.134. The topological polar surface area (TPSA) is 74.2 Å². The molecule has 2 aromatic carbocycles. The predicted molar refractivity (Wildman–Crippen MR) is 121 cm³/mol. The van der Waals surface area contributed by atoms with Crippen LogP contribution < -0.4 is 10.1 Å². The van der Waals surface area contributed by atoms with Gasteiger partial charge in [0.25, 0.3) is 5.91 Å². The molecule has 0 fully saturated rings. The highest BCUT2D eigenvalue weighted by Gasteiger charge is 2.33. The first-order valence-electron chi connectivity index (χ1n) is 10.6. The van der Waals surface area contributed by atoms with Crippen LogP contribution in [0.15, 0.2) is 59.7 Å². The second-order valence-corrected chi connectivity index (χ2v) is 7.40. The summed E-state index contributed by atoms with van der Waals surface area (Å²) < 4.78 is 5.27. The van der Waals surface area contributed by atoms with Gasteiger partial charge in [-0.1, -0.05) is 49.4 Å². The van der Waals surface area contributed by atoms with Crippen molar-refractivity contribution in [1.82, 2.24) is 15.2 Å². The Morgan fingerprint density at radius 2 is 1.81 bits per heavy atom. The molecule has 3 rings (SSSR count). The van der Waals surface area contributed by atoms with E-state index in [0.29, 0.717) is 19.5 Å². The van der Waals surface area contributed by atoms with Gasteiger partial charge >= 0.3 is 0 Å². The third kappa shape index (κ3) is 5.70. The van der Waals surface area contributed by atoms with E-state index in [0.717, 1.165) is 22.6 Å². The number of rotatable bonds is 9. The molecule has 0 aliphatic carbocycles. The molecule has 31 heavy (non-hydrogen) atoms. The molecule has 2 aromatic rings. The van der Waals surface area contributed by atoms with Gasteiger partial charge in [-0.25, -0.2) is 5.01 Å². The number of hydrogen-bond donors (Lipinski definition) is 1. The van der Waals surface area contributed by atoms with Crippen LogP contribution in [0.4, 0.5) is 0 Å². The lowest BCUT2D eigenvalue weighted by Crippen LogP contribution is -2.43. The molecule has 0 spiro atoms. The van der Waals surface area contributed by atoms with Crippen LogP contribution in [-0.2, 0) is 9.59 Å². The van der Waals surface area contributed by atoms with E-state index in [-0.39, 0.29) is 30.9 Å². The number of nitrogens with one attached hydrogen (secondary N) is 1. The fourth-order valence-electron chi connectivity index (χ4n) is 3.63. The number of hydrazone groups is 1. The molecule has 0 saturated heterocycles. The third-order valence-electron chi connectivity index (χ3n) is 5.32. The van der Waals surface area contributed by atoms with Crippen LogP contribution in [0.25, 0.3) is 0 Å². The van der Waals surface area contributed by atoms with Crippen molar-refractivity contribution < 1.29 is 14.3 Å².